The van der Waals surface area contributed by atoms with E-state index in [4.69, 9.17) is 4.74 Å². The van der Waals surface area contributed by atoms with Crippen LogP contribution in [0.15, 0.2) is 0 Å². The first-order valence-corrected chi connectivity index (χ1v) is 18.4. The molecular weight excluding hydrogens is 530 g/mol. The molecule has 4 fully saturated rings. The minimum atomic E-state index is -1.32. The van der Waals surface area contributed by atoms with E-state index in [0.29, 0.717) is 58.1 Å². The molecule has 0 unspecified atom stereocenters. The second-order valence-electron chi connectivity index (χ2n) is 13.1. The van der Waals surface area contributed by atoms with Crippen LogP contribution in [0.1, 0.15) is 71.1 Å². The van der Waals surface area contributed by atoms with Gasteiger partial charge in [-0.2, -0.15) is 5.26 Å². The van der Waals surface area contributed by atoms with E-state index in [-0.39, 0.29) is 25.6 Å². The fourth-order valence-electron chi connectivity index (χ4n) is 6.22. The second-order valence-corrected chi connectivity index (χ2v) is 18.7. The highest BCUT2D eigenvalue weighted by Crippen LogP contribution is 2.48. The Labute approximate surface area is 237 Å². The maximum atomic E-state index is 13.5. The van der Waals surface area contributed by atoms with Crippen LogP contribution in [0.5, 0.6) is 0 Å². The summed E-state index contributed by atoms with van der Waals surface area (Å²) >= 11 is 0. The third-order valence-electron chi connectivity index (χ3n) is 9.04. The van der Waals surface area contributed by atoms with Gasteiger partial charge in [0.1, 0.15) is 18.7 Å². The number of rotatable bonds is 11. The van der Waals surface area contributed by atoms with E-state index in [1.807, 2.05) is 6.92 Å². The Morgan fingerprint density at radius 1 is 0.975 bits per heavy atom. The van der Waals surface area contributed by atoms with Gasteiger partial charge in [0.05, 0.1) is 11.5 Å². The summed E-state index contributed by atoms with van der Waals surface area (Å²) < 4.78 is 5.76. The first kappa shape index (κ1) is 30.2. The molecule has 0 atom stereocenters. The van der Waals surface area contributed by atoms with E-state index in [9.17, 15) is 29.2 Å². The standard InChI is InChI=1S/C28H43N5O6Si/c1-5-6-14-30-22(34)17-23(35)33(26(30)38)21-8-12-27(18-29,13-9-21)19-32-25(37)31(20-39-15-16-40(2,3)4)24(36)28(32)10-7-11-28/h21H,5-17,19-20H2,1-4H3. The number of carbonyl (C=O) groups excluding carboxylic acids is 5. The molecule has 2 aliphatic carbocycles. The number of amides is 7. The van der Waals surface area contributed by atoms with Crippen LogP contribution in [0.2, 0.25) is 25.7 Å². The Morgan fingerprint density at radius 3 is 2.20 bits per heavy atom. The summed E-state index contributed by atoms with van der Waals surface area (Å²) in [6.45, 7) is 9.53. The van der Waals surface area contributed by atoms with Crippen molar-refractivity contribution in [3.05, 3.63) is 0 Å². The van der Waals surface area contributed by atoms with Crippen molar-refractivity contribution >= 4 is 37.9 Å². The highest BCUT2D eigenvalue weighted by molar-refractivity contribution is 6.76. The average molecular weight is 574 g/mol. The highest BCUT2D eigenvalue weighted by atomic mass is 28.3. The molecule has 2 aliphatic heterocycles. The third-order valence-corrected chi connectivity index (χ3v) is 10.7. The number of nitrogens with zero attached hydrogens (tertiary/aromatic N) is 5. The van der Waals surface area contributed by atoms with Crippen molar-refractivity contribution in [3.63, 3.8) is 0 Å². The van der Waals surface area contributed by atoms with Crippen LogP contribution in [0, 0.1) is 16.7 Å². The van der Waals surface area contributed by atoms with Crippen LogP contribution in [-0.2, 0) is 19.1 Å². The SMILES string of the molecule is CCCCN1C(=O)CC(=O)N(C2CCC(C#N)(CN3C(=O)N(COCC[Si](C)(C)C)C(=O)C34CCC4)CC2)C1=O. The molecule has 2 heterocycles. The molecule has 0 bridgehead atoms. The minimum absolute atomic E-state index is 0.0749. The van der Waals surface area contributed by atoms with E-state index in [0.717, 1.165) is 18.9 Å². The lowest BCUT2D eigenvalue weighted by Gasteiger charge is -2.47. The molecule has 0 aromatic heterocycles. The molecule has 0 aromatic carbocycles. The summed E-state index contributed by atoms with van der Waals surface area (Å²) in [7, 11) is -1.32. The van der Waals surface area contributed by atoms with E-state index in [2.05, 4.69) is 25.7 Å². The van der Waals surface area contributed by atoms with E-state index in [1.54, 1.807) is 4.90 Å². The van der Waals surface area contributed by atoms with Gasteiger partial charge >= 0.3 is 12.1 Å². The maximum absolute atomic E-state index is 13.5. The summed E-state index contributed by atoms with van der Waals surface area (Å²) in [5, 5.41) is 10.3. The summed E-state index contributed by atoms with van der Waals surface area (Å²) in [5.74, 6) is -1.19. The lowest BCUT2D eigenvalue weighted by atomic mass is 9.70. The average Bonchev–Trinajstić information content (AvgIpc) is 3.07. The zero-order valence-electron chi connectivity index (χ0n) is 24.4. The molecule has 2 saturated heterocycles. The molecule has 11 nitrogen and oxygen atoms in total. The number of unbranched alkanes of at least 4 members (excludes halogenated alkanes) is 1. The van der Waals surface area contributed by atoms with Gasteiger partial charge in [0.2, 0.25) is 11.8 Å². The smallest absolute Gasteiger partial charge is 0.333 e. The van der Waals surface area contributed by atoms with Crippen molar-refractivity contribution in [2.24, 2.45) is 5.41 Å². The predicted octanol–water partition coefficient (Wildman–Crippen LogP) is 3.92. The molecule has 1 spiro atoms. The van der Waals surface area contributed by atoms with E-state index < -0.39 is 48.9 Å². The second kappa shape index (κ2) is 11.6. The first-order valence-electron chi connectivity index (χ1n) is 14.7. The normalized spacial score (nSPS) is 27.1. The lowest BCUT2D eigenvalue weighted by Crippen LogP contribution is -2.60. The summed E-state index contributed by atoms with van der Waals surface area (Å²) in [6.07, 6.45) is 4.75. The number of nitriles is 1. The van der Waals surface area contributed by atoms with Crippen molar-refractivity contribution in [1.82, 2.24) is 19.6 Å². The lowest BCUT2D eigenvalue weighted by molar-refractivity contribution is -0.145. The van der Waals surface area contributed by atoms with Crippen LogP contribution < -0.4 is 0 Å². The molecule has 0 N–H and O–H groups in total. The van der Waals surface area contributed by atoms with E-state index in [1.165, 1.54) is 14.7 Å². The zero-order chi connectivity index (χ0) is 29.3. The van der Waals surface area contributed by atoms with Crippen LogP contribution in [0.4, 0.5) is 9.59 Å². The third kappa shape index (κ3) is 5.68. The fraction of sp³-hybridized carbons (Fsp3) is 0.786. The van der Waals surface area contributed by atoms with Crippen molar-refractivity contribution in [3.8, 4) is 6.07 Å². The van der Waals surface area contributed by atoms with Crippen molar-refractivity contribution in [1.29, 1.82) is 5.26 Å². The van der Waals surface area contributed by atoms with Gasteiger partial charge in [0, 0.05) is 33.8 Å². The number of hydrogen-bond donors (Lipinski definition) is 0. The molecule has 7 amide bonds. The van der Waals surface area contributed by atoms with Gasteiger partial charge in [-0.3, -0.25) is 24.2 Å². The molecule has 2 saturated carbocycles. The molecule has 40 heavy (non-hydrogen) atoms. The Morgan fingerprint density at radius 2 is 1.65 bits per heavy atom. The topological polar surface area (TPSA) is 131 Å². The number of hydrogen-bond acceptors (Lipinski definition) is 7. The Balaban J connectivity index is 1.42. The van der Waals surface area contributed by atoms with Gasteiger partial charge in [-0.15, -0.1) is 0 Å². The van der Waals surface area contributed by atoms with Crippen LogP contribution in [-0.4, -0.2) is 95.5 Å². The van der Waals surface area contributed by atoms with Gasteiger partial charge in [0.25, 0.3) is 5.91 Å². The van der Waals surface area contributed by atoms with Crippen molar-refractivity contribution < 1.29 is 28.7 Å². The van der Waals surface area contributed by atoms with Crippen LogP contribution >= 0.6 is 0 Å². The van der Waals surface area contributed by atoms with Gasteiger partial charge in [-0.1, -0.05) is 33.0 Å². The molecule has 12 heteroatoms. The number of urea groups is 2. The van der Waals surface area contributed by atoms with E-state index >= 15 is 0 Å². The molecular formula is C28H43N5O6Si. The van der Waals surface area contributed by atoms with Crippen LogP contribution in [0.25, 0.3) is 0 Å². The Bertz CT molecular complexity index is 1090. The maximum Gasteiger partial charge on any atom is 0.333 e. The number of barbiturate groups is 1. The largest absolute Gasteiger partial charge is 0.361 e. The van der Waals surface area contributed by atoms with Crippen LogP contribution in [0.3, 0.4) is 0 Å². The predicted molar refractivity (Wildman–Crippen MR) is 148 cm³/mol. The number of imide groups is 3. The summed E-state index contributed by atoms with van der Waals surface area (Å²) in [4.78, 5) is 70.3. The molecule has 0 aromatic rings. The minimum Gasteiger partial charge on any atom is -0.361 e. The molecule has 4 rings (SSSR count). The van der Waals surface area contributed by atoms with Crippen molar-refractivity contribution in [2.45, 2.75) is 108 Å². The zero-order valence-corrected chi connectivity index (χ0v) is 25.4. The Kier molecular flexibility index (Phi) is 8.76. The number of carbonyl (C=O) groups is 5. The Hall–Kier alpha value is -2.78. The van der Waals surface area contributed by atoms with Crippen molar-refractivity contribution in [2.75, 3.05) is 26.4 Å². The van der Waals surface area contributed by atoms with Gasteiger partial charge in [0.15, 0.2) is 0 Å². The van der Waals surface area contributed by atoms with Gasteiger partial charge in [-0.05, 0) is 57.4 Å². The summed E-state index contributed by atoms with van der Waals surface area (Å²) in [6, 6.07) is 2.00. The molecule has 220 valence electrons. The summed E-state index contributed by atoms with van der Waals surface area (Å²) in [5.41, 5.74) is -1.79. The fourth-order valence-corrected chi connectivity index (χ4v) is 6.97. The first-order chi connectivity index (χ1) is 18.9. The molecule has 0 radical (unpaired) electrons. The quantitative estimate of drug-likeness (QED) is 0.158. The van der Waals surface area contributed by atoms with Gasteiger partial charge in [-0.25, -0.2) is 14.5 Å². The highest BCUT2D eigenvalue weighted by Gasteiger charge is 2.62. The monoisotopic (exact) mass is 573 g/mol. The molecule has 4 aliphatic rings. The number of ether oxygens (including phenoxy) is 1. The van der Waals surface area contributed by atoms with Gasteiger partial charge < -0.3 is 9.64 Å².